The van der Waals surface area contributed by atoms with Crippen molar-refractivity contribution in [3.8, 4) is 5.75 Å². The van der Waals surface area contributed by atoms with Crippen LogP contribution in [0.25, 0.3) is 0 Å². The number of hydrogen-bond acceptors (Lipinski definition) is 5. The van der Waals surface area contributed by atoms with Gasteiger partial charge in [-0.25, -0.2) is 9.67 Å². The summed E-state index contributed by atoms with van der Waals surface area (Å²) in [5, 5.41) is 14.6. The molecule has 1 aliphatic carbocycles. The van der Waals surface area contributed by atoms with Crippen molar-refractivity contribution in [1.29, 1.82) is 0 Å². The van der Waals surface area contributed by atoms with Crippen LogP contribution in [-0.2, 0) is 6.54 Å². The van der Waals surface area contributed by atoms with Gasteiger partial charge in [0, 0.05) is 25.2 Å². The summed E-state index contributed by atoms with van der Waals surface area (Å²) in [6.07, 6.45) is -0.680. The second-order valence-electron chi connectivity index (χ2n) is 7.35. The highest BCUT2D eigenvalue weighted by atomic mass is 19.4. The minimum atomic E-state index is -4.70. The zero-order valence-corrected chi connectivity index (χ0v) is 14.6. The second-order valence-corrected chi connectivity index (χ2v) is 7.35. The Balaban J connectivity index is 1.43. The molecule has 1 aliphatic heterocycles. The van der Waals surface area contributed by atoms with E-state index in [1.807, 2.05) is 0 Å². The number of likely N-dealkylation sites (tertiary alicyclic amines) is 1. The molecule has 2 fully saturated rings. The topological polar surface area (TPSA) is 63.4 Å². The number of fused-ring (bicyclic) bond motifs is 1. The first kappa shape index (κ1) is 18.2. The van der Waals surface area contributed by atoms with Crippen molar-refractivity contribution < 1.29 is 23.0 Å². The molecule has 2 aliphatic rings. The van der Waals surface area contributed by atoms with Crippen LogP contribution in [0.4, 0.5) is 13.2 Å². The van der Waals surface area contributed by atoms with Crippen molar-refractivity contribution in [2.45, 2.75) is 37.9 Å². The Bertz CT molecular complexity index is 768. The molecule has 4 rings (SSSR count). The number of halogens is 3. The number of nitrogens with zero attached hydrogens (tertiary/aromatic N) is 4. The molecule has 0 radical (unpaired) electrons. The molecule has 9 heteroatoms. The first-order valence-electron chi connectivity index (χ1n) is 8.97. The van der Waals surface area contributed by atoms with E-state index in [1.165, 1.54) is 18.5 Å². The molecule has 0 bridgehead atoms. The van der Waals surface area contributed by atoms with Gasteiger partial charge in [0.15, 0.2) is 0 Å². The van der Waals surface area contributed by atoms with Crippen molar-refractivity contribution in [2.75, 3.05) is 13.1 Å². The molecule has 146 valence electrons. The van der Waals surface area contributed by atoms with Crippen LogP contribution in [-0.4, -0.2) is 50.3 Å². The first-order chi connectivity index (χ1) is 12.9. The monoisotopic (exact) mass is 382 g/mol. The highest BCUT2D eigenvalue weighted by molar-refractivity contribution is 5.33. The quantitative estimate of drug-likeness (QED) is 0.881. The lowest BCUT2D eigenvalue weighted by atomic mass is 9.77. The van der Waals surface area contributed by atoms with Gasteiger partial charge in [0.25, 0.3) is 0 Å². The standard InChI is InChI=1S/C18H21F3N4O2/c19-18(20,21)27-17-4-2-1-3-12(17)7-24-8-13-5-15(25-11-22-10-23-25)16(26)6-14(13)9-24/h1-4,10-11,13-16,26H,5-9H2/t13-,14+,15-,16-/m1/s1. The summed E-state index contributed by atoms with van der Waals surface area (Å²) < 4.78 is 43.7. The largest absolute Gasteiger partial charge is 0.573 e. The van der Waals surface area contributed by atoms with Gasteiger partial charge in [-0.1, -0.05) is 18.2 Å². The Morgan fingerprint density at radius 3 is 2.59 bits per heavy atom. The van der Waals surface area contributed by atoms with Gasteiger partial charge < -0.3 is 9.84 Å². The van der Waals surface area contributed by atoms with Crippen molar-refractivity contribution in [2.24, 2.45) is 11.8 Å². The van der Waals surface area contributed by atoms with Gasteiger partial charge >= 0.3 is 6.36 Å². The van der Waals surface area contributed by atoms with Crippen molar-refractivity contribution in [3.05, 3.63) is 42.5 Å². The summed E-state index contributed by atoms with van der Waals surface area (Å²) in [5.41, 5.74) is 0.516. The summed E-state index contributed by atoms with van der Waals surface area (Å²) in [5.74, 6) is 0.550. The lowest BCUT2D eigenvalue weighted by Crippen LogP contribution is -2.36. The molecular formula is C18H21F3N4O2. The normalized spacial score (nSPS) is 28.9. The Morgan fingerprint density at radius 2 is 1.89 bits per heavy atom. The van der Waals surface area contributed by atoms with Crippen LogP contribution in [0.2, 0.25) is 0 Å². The van der Waals surface area contributed by atoms with Crippen molar-refractivity contribution >= 4 is 0 Å². The fourth-order valence-corrected chi connectivity index (χ4v) is 4.41. The van der Waals surface area contributed by atoms with Crippen molar-refractivity contribution in [1.82, 2.24) is 19.7 Å². The number of alkyl halides is 3. The first-order valence-corrected chi connectivity index (χ1v) is 8.97. The third kappa shape index (κ3) is 4.08. The molecule has 2 aromatic rings. The molecule has 2 heterocycles. The molecule has 1 saturated carbocycles. The van der Waals surface area contributed by atoms with Gasteiger partial charge in [-0.3, -0.25) is 4.90 Å². The maximum Gasteiger partial charge on any atom is 0.573 e. The maximum atomic E-state index is 12.6. The molecular weight excluding hydrogens is 361 g/mol. The average Bonchev–Trinajstić information content (AvgIpc) is 3.23. The van der Waals surface area contributed by atoms with Gasteiger partial charge in [-0.05, 0) is 30.7 Å². The van der Waals surface area contributed by atoms with Gasteiger partial charge in [0.2, 0.25) is 0 Å². The van der Waals surface area contributed by atoms with Gasteiger partial charge in [-0.15, -0.1) is 13.2 Å². The molecule has 4 atom stereocenters. The molecule has 0 amide bonds. The van der Waals surface area contributed by atoms with E-state index in [-0.39, 0.29) is 11.8 Å². The molecule has 6 nitrogen and oxygen atoms in total. The second kappa shape index (κ2) is 7.12. The van der Waals surface area contributed by atoms with Gasteiger partial charge in [0.1, 0.15) is 18.4 Å². The number of hydrogen-bond donors (Lipinski definition) is 1. The van der Waals surface area contributed by atoms with Gasteiger partial charge in [0.05, 0.1) is 12.1 Å². The SMILES string of the molecule is O[C@@H]1C[C@H]2CN(Cc3ccccc3OC(F)(F)F)C[C@H]2C[C@H]1n1cncn1. The minimum absolute atomic E-state index is 0.102. The maximum absolute atomic E-state index is 12.6. The Hall–Kier alpha value is -2.13. The molecule has 1 aromatic heterocycles. The molecule has 1 N–H and O–H groups in total. The number of ether oxygens (including phenoxy) is 1. The molecule has 1 aromatic carbocycles. The third-order valence-electron chi connectivity index (χ3n) is 5.55. The van der Waals surface area contributed by atoms with E-state index in [4.69, 9.17) is 0 Å². The number of benzene rings is 1. The van der Waals surface area contributed by atoms with Crippen LogP contribution in [0.3, 0.4) is 0 Å². The number of para-hydroxylation sites is 1. The zero-order valence-electron chi connectivity index (χ0n) is 14.6. The Morgan fingerprint density at radius 1 is 1.15 bits per heavy atom. The fourth-order valence-electron chi connectivity index (χ4n) is 4.41. The van der Waals surface area contributed by atoms with Gasteiger partial charge in [-0.2, -0.15) is 5.10 Å². The molecule has 0 spiro atoms. The number of rotatable bonds is 4. The average molecular weight is 382 g/mol. The van der Waals surface area contributed by atoms with Crippen LogP contribution in [0.15, 0.2) is 36.9 Å². The summed E-state index contributed by atoms with van der Waals surface area (Å²) in [4.78, 5) is 6.09. The summed E-state index contributed by atoms with van der Waals surface area (Å²) in [7, 11) is 0. The van der Waals surface area contributed by atoms with E-state index < -0.39 is 12.5 Å². The third-order valence-corrected chi connectivity index (χ3v) is 5.55. The Kier molecular flexibility index (Phi) is 4.81. The number of aliphatic hydroxyl groups is 1. The molecule has 27 heavy (non-hydrogen) atoms. The smallest absolute Gasteiger partial charge is 0.405 e. The number of aliphatic hydroxyl groups excluding tert-OH is 1. The minimum Gasteiger partial charge on any atom is -0.405 e. The zero-order chi connectivity index (χ0) is 19.0. The molecule has 0 unspecified atom stereocenters. The van der Waals surface area contributed by atoms with E-state index in [0.717, 1.165) is 19.5 Å². The predicted octanol–water partition coefficient (Wildman–Crippen LogP) is 2.62. The van der Waals surface area contributed by atoms with Crippen molar-refractivity contribution in [3.63, 3.8) is 0 Å². The summed E-state index contributed by atoms with van der Waals surface area (Å²) in [6.45, 7) is 1.93. The number of aromatic nitrogens is 3. The lowest BCUT2D eigenvalue weighted by Gasteiger charge is -2.35. The molecule has 1 saturated heterocycles. The van der Waals surface area contributed by atoms with Crippen LogP contribution in [0.5, 0.6) is 5.75 Å². The van der Waals surface area contributed by atoms with Crippen LogP contribution in [0, 0.1) is 11.8 Å². The highest BCUT2D eigenvalue weighted by Gasteiger charge is 2.42. The highest BCUT2D eigenvalue weighted by Crippen LogP contribution is 2.41. The predicted molar refractivity (Wildman–Crippen MR) is 89.7 cm³/mol. The van der Waals surface area contributed by atoms with E-state index in [9.17, 15) is 18.3 Å². The van der Waals surface area contributed by atoms with Crippen LogP contribution >= 0.6 is 0 Å². The van der Waals surface area contributed by atoms with E-state index in [2.05, 4.69) is 19.7 Å². The summed E-state index contributed by atoms with van der Waals surface area (Å²) >= 11 is 0. The van der Waals surface area contributed by atoms with Crippen LogP contribution < -0.4 is 4.74 Å². The fraction of sp³-hybridized carbons (Fsp3) is 0.556. The summed E-state index contributed by atoms with van der Waals surface area (Å²) in [6, 6.07) is 6.15. The lowest BCUT2D eigenvalue weighted by molar-refractivity contribution is -0.275. The van der Waals surface area contributed by atoms with E-state index >= 15 is 0 Å². The van der Waals surface area contributed by atoms with E-state index in [1.54, 1.807) is 23.1 Å². The van der Waals surface area contributed by atoms with E-state index in [0.29, 0.717) is 30.4 Å². The van der Waals surface area contributed by atoms with Crippen LogP contribution in [0.1, 0.15) is 24.4 Å². The Labute approximate surface area is 154 Å².